The van der Waals surface area contributed by atoms with Crippen LogP contribution >= 0.6 is 11.8 Å². The lowest BCUT2D eigenvalue weighted by molar-refractivity contribution is -0.137. The minimum atomic E-state index is -4.67. The van der Waals surface area contributed by atoms with Crippen LogP contribution in [0.4, 0.5) is 18.9 Å². The molecule has 0 spiro atoms. The number of halogens is 3. The summed E-state index contributed by atoms with van der Waals surface area (Å²) in [6.45, 7) is 3.19. The number of hydrogen-bond acceptors (Lipinski definition) is 4. The van der Waals surface area contributed by atoms with Gasteiger partial charge >= 0.3 is 6.18 Å². The summed E-state index contributed by atoms with van der Waals surface area (Å²) in [5, 5.41) is 9.14. The molecule has 2 rings (SSSR count). The minimum absolute atomic E-state index is 0.0509. The molecule has 1 aromatic carbocycles. The zero-order valence-electron chi connectivity index (χ0n) is 12.0. The summed E-state index contributed by atoms with van der Waals surface area (Å²) >= 11 is 1.17. The van der Waals surface area contributed by atoms with Crippen LogP contribution in [0.3, 0.4) is 0 Å². The second-order valence-electron chi connectivity index (χ2n) is 5.14. The molecule has 0 aliphatic carbocycles. The molecule has 0 saturated carbocycles. The first-order valence-electron chi connectivity index (χ1n) is 6.21. The molecule has 0 saturated heterocycles. The Morgan fingerprint density at radius 3 is 2.50 bits per heavy atom. The normalized spacial score (nSPS) is 17.4. The Balaban J connectivity index is 2.58. The van der Waals surface area contributed by atoms with Crippen LogP contribution in [0.5, 0.6) is 0 Å². The highest BCUT2D eigenvalue weighted by Gasteiger charge is 2.42. The Labute approximate surface area is 129 Å². The van der Waals surface area contributed by atoms with Crippen molar-refractivity contribution in [3.05, 3.63) is 29.3 Å². The first kappa shape index (κ1) is 16.4. The summed E-state index contributed by atoms with van der Waals surface area (Å²) in [4.78, 5) is 17.7. The molecule has 1 aliphatic rings. The number of hydrogen-bond donors (Lipinski definition) is 0. The highest BCUT2D eigenvalue weighted by atomic mass is 32.2. The van der Waals surface area contributed by atoms with E-state index in [1.54, 1.807) is 20.1 Å². The van der Waals surface area contributed by atoms with E-state index in [0.717, 1.165) is 17.0 Å². The average Bonchev–Trinajstić information content (AvgIpc) is 2.67. The molecule has 0 N–H and O–H groups in total. The molecule has 0 bridgehead atoms. The molecule has 4 nitrogen and oxygen atoms in total. The number of amides is 1. The molecule has 8 heteroatoms. The maximum absolute atomic E-state index is 13.0. The number of carbonyl (C=O) groups is 1. The molecule has 116 valence electrons. The van der Waals surface area contributed by atoms with Crippen LogP contribution in [-0.4, -0.2) is 22.9 Å². The highest BCUT2D eigenvalue weighted by Crippen LogP contribution is 2.37. The summed E-state index contributed by atoms with van der Waals surface area (Å²) in [6.07, 6.45) is -2.98. The van der Waals surface area contributed by atoms with Gasteiger partial charge in [0.2, 0.25) is 0 Å². The second-order valence-corrected chi connectivity index (χ2v) is 5.91. The Morgan fingerprint density at radius 1 is 1.36 bits per heavy atom. The van der Waals surface area contributed by atoms with Gasteiger partial charge in [-0.1, -0.05) is 11.8 Å². The SMILES string of the molecule is CSC1=NC(C)(C)C(=O)N1c1ccc(C#N)c(C(F)(F)F)c1. The molecular formula is C14H12F3N3OS. The van der Waals surface area contributed by atoms with Gasteiger partial charge in [0.15, 0.2) is 5.17 Å². The van der Waals surface area contributed by atoms with Crippen LogP contribution in [-0.2, 0) is 11.0 Å². The largest absolute Gasteiger partial charge is 0.417 e. The molecule has 0 aromatic heterocycles. The quantitative estimate of drug-likeness (QED) is 0.794. The minimum Gasteiger partial charge on any atom is -0.271 e. The first-order valence-corrected chi connectivity index (χ1v) is 7.44. The van der Waals surface area contributed by atoms with Gasteiger partial charge in [-0.15, -0.1) is 0 Å². The van der Waals surface area contributed by atoms with Gasteiger partial charge in [-0.3, -0.25) is 9.69 Å². The molecule has 0 radical (unpaired) electrons. The van der Waals surface area contributed by atoms with Gasteiger partial charge in [0.25, 0.3) is 5.91 Å². The van der Waals surface area contributed by atoms with Crippen LogP contribution in [0.2, 0.25) is 0 Å². The van der Waals surface area contributed by atoms with E-state index < -0.39 is 28.7 Å². The smallest absolute Gasteiger partial charge is 0.271 e. The number of amidine groups is 1. The molecule has 1 amide bonds. The molecule has 1 aromatic rings. The molecule has 0 fully saturated rings. The Hall–Kier alpha value is -2.01. The zero-order chi connectivity index (χ0) is 16.7. The fourth-order valence-electron chi connectivity index (χ4n) is 2.07. The third-order valence-corrected chi connectivity index (χ3v) is 3.80. The van der Waals surface area contributed by atoms with Gasteiger partial charge < -0.3 is 0 Å². The van der Waals surface area contributed by atoms with Crippen LogP contribution in [0.15, 0.2) is 23.2 Å². The van der Waals surface area contributed by atoms with E-state index in [-0.39, 0.29) is 5.69 Å². The number of anilines is 1. The number of carbonyl (C=O) groups excluding carboxylic acids is 1. The molecule has 0 unspecified atom stereocenters. The van der Waals surface area contributed by atoms with Crippen molar-refractivity contribution in [2.75, 3.05) is 11.2 Å². The van der Waals surface area contributed by atoms with E-state index in [4.69, 9.17) is 5.26 Å². The van der Waals surface area contributed by atoms with Crippen molar-refractivity contribution in [2.24, 2.45) is 4.99 Å². The predicted octanol–water partition coefficient (Wildman–Crippen LogP) is 3.42. The van der Waals surface area contributed by atoms with Crippen molar-refractivity contribution in [2.45, 2.75) is 25.6 Å². The third-order valence-electron chi connectivity index (χ3n) is 3.16. The van der Waals surface area contributed by atoms with E-state index in [0.29, 0.717) is 5.17 Å². The van der Waals surface area contributed by atoms with Crippen molar-refractivity contribution >= 4 is 28.5 Å². The molecule has 0 atom stereocenters. The monoisotopic (exact) mass is 327 g/mol. The first-order chi connectivity index (χ1) is 10.1. The van der Waals surface area contributed by atoms with Gasteiger partial charge in [0, 0.05) is 0 Å². The summed E-state index contributed by atoms with van der Waals surface area (Å²) in [6, 6.07) is 4.71. The van der Waals surface area contributed by atoms with Gasteiger partial charge in [0.1, 0.15) is 5.54 Å². The summed E-state index contributed by atoms with van der Waals surface area (Å²) in [5.74, 6) is -0.408. The summed E-state index contributed by atoms with van der Waals surface area (Å²) in [5.41, 5.74) is -2.52. The Morgan fingerprint density at radius 2 is 2.00 bits per heavy atom. The van der Waals surface area contributed by atoms with Crippen molar-refractivity contribution in [3.63, 3.8) is 0 Å². The maximum Gasteiger partial charge on any atom is 0.417 e. The van der Waals surface area contributed by atoms with Gasteiger partial charge in [-0.25, -0.2) is 4.99 Å². The fraction of sp³-hybridized carbons (Fsp3) is 0.357. The van der Waals surface area contributed by atoms with Crippen molar-refractivity contribution in [1.29, 1.82) is 5.26 Å². The Bertz CT molecular complexity index is 704. The van der Waals surface area contributed by atoms with Crippen molar-refractivity contribution in [3.8, 4) is 6.07 Å². The van der Waals surface area contributed by atoms with Crippen LogP contribution in [0, 0.1) is 11.3 Å². The summed E-state index contributed by atoms with van der Waals surface area (Å²) < 4.78 is 39.1. The van der Waals surface area contributed by atoms with E-state index in [1.165, 1.54) is 23.9 Å². The fourth-order valence-corrected chi connectivity index (χ4v) is 2.76. The van der Waals surface area contributed by atoms with Crippen LogP contribution < -0.4 is 4.90 Å². The van der Waals surface area contributed by atoms with Gasteiger partial charge in [-0.05, 0) is 38.3 Å². The number of alkyl halides is 3. The Kier molecular flexibility index (Phi) is 3.96. The highest BCUT2D eigenvalue weighted by molar-refractivity contribution is 8.13. The predicted molar refractivity (Wildman–Crippen MR) is 78.7 cm³/mol. The maximum atomic E-state index is 13.0. The number of benzene rings is 1. The number of nitrogens with zero attached hydrogens (tertiary/aromatic N) is 3. The lowest BCUT2D eigenvalue weighted by Gasteiger charge is -2.21. The lowest BCUT2D eigenvalue weighted by atomic mass is 10.0. The third kappa shape index (κ3) is 2.68. The molecule has 1 aliphatic heterocycles. The number of aliphatic imine (C=N–C) groups is 1. The average molecular weight is 327 g/mol. The zero-order valence-corrected chi connectivity index (χ0v) is 12.8. The van der Waals surface area contributed by atoms with Crippen LogP contribution in [0.1, 0.15) is 25.0 Å². The topological polar surface area (TPSA) is 56.5 Å². The van der Waals surface area contributed by atoms with E-state index in [1.807, 2.05) is 0 Å². The molecule has 22 heavy (non-hydrogen) atoms. The van der Waals surface area contributed by atoms with Gasteiger partial charge in [0.05, 0.1) is 22.9 Å². The standard InChI is InChI=1S/C14H12F3N3OS/c1-13(2)11(21)20(12(19-13)22-3)9-5-4-8(7-18)10(6-9)14(15,16)17/h4-6H,1-3H3. The van der Waals surface area contributed by atoms with E-state index in [2.05, 4.69) is 4.99 Å². The van der Waals surface area contributed by atoms with E-state index in [9.17, 15) is 18.0 Å². The van der Waals surface area contributed by atoms with Crippen molar-refractivity contribution < 1.29 is 18.0 Å². The number of rotatable bonds is 1. The van der Waals surface area contributed by atoms with Crippen molar-refractivity contribution in [1.82, 2.24) is 0 Å². The van der Waals surface area contributed by atoms with Crippen LogP contribution in [0.25, 0.3) is 0 Å². The molecular weight excluding hydrogens is 315 g/mol. The van der Waals surface area contributed by atoms with Gasteiger partial charge in [-0.2, -0.15) is 18.4 Å². The summed E-state index contributed by atoms with van der Waals surface area (Å²) in [7, 11) is 0. The lowest BCUT2D eigenvalue weighted by Crippen LogP contribution is -2.38. The molecule has 1 heterocycles. The number of thioether (sulfide) groups is 1. The second kappa shape index (κ2) is 5.32. The van der Waals surface area contributed by atoms with E-state index >= 15 is 0 Å². The number of nitriles is 1.